The van der Waals surface area contributed by atoms with Crippen molar-refractivity contribution in [3.8, 4) is 11.1 Å². The molecule has 0 saturated carbocycles. The largest absolute Gasteiger partial charge is 0.366 e. The minimum atomic E-state index is -0.467. The van der Waals surface area contributed by atoms with Crippen LogP contribution in [0.25, 0.3) is 22.0 Å². The van der Waals surface area contributed by atoms with Gasteiger partial charge in [0.1, 0.15) is 0 Å². The lowest BCUT2D eigenvalue weighted by molar-refractivity contribution is -0.112. The first-order chi connectivity index (χ1) is 12.3. The second kappa shape index (κ2) is 6.52. The van der Waals surface area contributed by atoms with Gasteiger partial charge in [-0.2, -0.15) is 0 Å². The zero-order valence-electron chi connectivity index (χ0n) is 15.1. The summed E-state index contributed by atoms with van der Waals surface area (Å²) in [5.74, 6) is -0.685. The highest BCUT2D eigenvalue weighted by Crippen LogP contribution is 2.35. The first-order valence-corrected chi connectivity index (χ1v) is 8.28. The van der Waals surface area contributed by atoms with Gasteiger partial charge in [-0.05, 0) is 55.7 Å². The van der Waals surface area contributed by atoms with Crippen LogP contribution in [0.5, 0.6) is 0 Å². The van der Waals surface area contributed by atoms with E-state index < -0.39 is 5.91 Å². The van der Waals surface area contributed by atoms with E-state index in [1.165, 1.54) is 0 Å². The van der Waals surface area contributed by atoms with E-state index in [0.29, 0.717) is 16.8 Å². The molecule has 26 heavy (non-hydrogen) atoms. The van der Waals surface area contributed by atoms with Crippen molar-refractivity contribution in [2.24, 2.45) is 5.73 Å². The van der Waals surface area contributed by atoms with Gasteiger partial charge in [0, 0.05) is 22.3 Å². The highest BCUT2D eigenvalue weighted by atomic mass is 16.2. The Morgan fingerprint density at radius 1 is 1.15 bits per heavy atom. The van der Waals surface area contributed by atoms with E-state index in [4.69, 9.17) is 5.73 Å². The van der Waals surface area contributed by atoms with Gasteiger partial charge in [0.05, 0.1) is 11.1 Å². The van der Waals surface area contributed by atoms with Crippen molar-refractivity contribution in [2.75, 3.05) is 5.32 Å². The molecule has 0 radical (unpaired) electrons. The van der Waals surface area contributed by atoms with Crippen molar-refractivity contribution >= 4 is 28.4 Å². The maximum Gasteiger partial charge on any atom is 0.250 e. The topological polar surface area (TPSA) is 88.0 Å². The Kier molecular flexibility index (Phi) is 4.38. The number of nitrogens with one attached hydrogen (secondary N) is 2. The molecule has 3 rings (SSSR count). The number of anilines is 1. The first-order valence-electron chi connectivity index (χ1n) is 8.28. The number of aryl methyl sites for hydroxylation is 2. The zero-order valence-corrected chi connectivity index (χ0v) is 15.1. The molecule has 3 aromatic rings. The van der Waals surface area contributed by atoms with Crippen molar-refractivity contribution in [1.29, 1.82) is 0 Å². The van der Waals surface area contributed by atoms with Crippen LogP contribution in [0.15, 0.2) is 48.6 Å². The van der Waals surface area contributed by atoms with Crippen LogP contribution in [0.4, 0.5) is 5.69 Å². The Labute approximate surface area is 151 Å². The molecule has 0 saturated heterocycles. The smallest absolute Gasteiger partial charge is 0.250 e. The molecule has 2 aromatic carbocycles. The first kappa shape index (κ1) is 17.5. The summed E-state index contributed by atoms with van der Waals surface area (Å²) in [6.45, 7) is 9.29. The maximum atomic E-state index is 11.9. The highest BCUT2D eigenvalue weighted by Gasteiger charge is 2.17. The second-order valence-corrected chi connectivity index (χ2v) is 6.47. The summed E-state index contributed by atoms with van der Waals surface area (Å²) in [4.78, 5) is 26.9. The van der Waals surface area contributed by atoms with Crippen molar-refractivity contribution in [2.45, 2.75) is 20.8 Å². The summed E-state index contributed by atoms with van der Waals surface area (Å²) in [6.07, 6.45) is 0. The average molecular weight is 347 g/mol. The summed E-state index contributed by atoms with van der Waals surface area (Å²) in [5, 5.41) is 3.79. The number of H-pyrrole nitrogens is 1. The van der Waals surface area contributed by atoms with E-state index in [1.54, 1.807) is 13.0 Å². The van der Waals surface area contributed by atoms with Crippen LogP contribution in [-0.2, 0) is 4.79 Å². The highest BCUT2D eigenvalue weighted by molar-refractivity contribution is 6.11. The Morgan fingerprint density at radius 2 is 1.88 bits per heavy atom. The van der Waals surface area contributed by atoms with E-state index >= 15 is 0 Å². The zero-order chi connectivity index (χ0) is 19.0. The standard InChI is InChI=1S/C21H21N3O2/c1-11(2)21(26)24-15-7-5-6-14(10-15)16-8-9-17(20(22)25)19-18(16)12(3)13(4)23-19/h5-10,23H,1H2,2-4H3,(H2,22,25)(H,24,26). The van der Waals surface area contributed by atoms with Crippen LogP contribution in [0.3, 0.4) is 0 Å². The van der Waals surface area contributed by atoms with Crippen molar-refractivity contribution in [3.63, 3.8) is 0 Å². The minimum absolute atomic E-state index is 0.218. The number of primary amides is 1. The molecule has 4 N–H and O–H groups in total. The lowest BCUT2D eigenvalue weighted by atomic mass is 9.96. The van der Waals surface area contributed by atoms with Gasteiger partial charge in [-0.3, -0.25) is 9.59 Å². The molecular weight excluding hydrogens is 326 g/mol. The monoisotopic (exact) mass is 347 g/mol. The van der Waals surface area contributed by atoms with Crippen molar-refractivity contribution < 1.29 is 9.59 Å². The molecule has 0 aliphatic carbocycles. The number of benzene rings is 2. The molecule has 0 spiro atoms. The number of amides is 2. The van der Waals surface area contributed by atoms with Gasteiger partial charge in [-0.1, -0.05) is 24.8 Å². The fourth-order valence-electron chi connectivity index (χ4n) is 3.04. The third-order valence-electron chi connectivity index (χ3n) is 4.54. The quantitative estimate of drug-likeness (QED) is 0.621. The third-order valence-corrected chi connectivity index (χ3v) is 4.54. The van der Waals surface area contributed by atoms with Crippen molar-refractivity contribution in [3.05, 3.63) is 65.4 Å². The molecule has 5 heteroatoms. The van der Waals surface area contributed by atoms with E-state index in [1.807, 2.05) is 44.2 Å². The Morgan fingerprint density at radius 3 is 2.54 bits per heavy atom. The van der Waals surface area contributed by atoms with Gasteiger partial charge in [-0.15, -0.1) is 0 Å². The predicted molar refractivity (Wildman–Crippen MR) is 105 cm³/mol. The van der Waals surface area contributed by atoms with Gasteiger partial charge < -0.3 is 16.0 Å². The molecule has 0 bridgehead atoms. The number of carbonyl (C=O) groups excluding carboxylic acids is 2. The Balaban J connectivity index is 2.17. The van der Waals surface area contributed by atoms with Gasteiger partial charge in [0.15, 0.2) is 0 Å². The number of carbonyl (C=O) groups is 2. The lowest BCUT2D eigenvalue weighted by Crippen LogP contribution is -2.12. The fourth-order valence-corrected chi connectivity index (χ4v) is 3.04. The van der Waals surface area contributed by atoms with Crippen LogP contribution in [0, 0.1) is 13.8 Å². The summed E-state index contributed by atoms with van der Waals surface area (Å²) in [5.41, 5.74) is 11.8. The van der Waals surface area contributed by atoms with E-state index in [9.17, 15) is 9.59 Å². The van der Waals surface area contributed by atoms with Crippen LogP contribution in [0.1, 0.15) is 28.5 Å². The Hall–Kier alpha value is -3.34. The predicted octanol–water partition coefficient (Wildman–Crippen LogP) is 4.07. The van der Waals surface area contributed by atoms with Crippen LogP contribution in [0.2, 0.25) is 0 Å². The second-order valence-electron chi connectivity index (χ2n) is 6.47. The fraction of sp³-hybridized carbons (Fsp3) is 0.143. The van der Waals surface area contributed by atoms with E-state index in [0.717, 1.165) is 33.3 Å². The number of rotatable bonds is 4. The third kappa shape index (κ3) is 2.99. The molecule has 2 amide bonds. The Bertz CT molecular complexity index is 1060. The molecule has 0 unspecified atom stereocenters. The summed E-state index contributed by atoms with van der Waals surface area (Å²) in [7, 11) is 0. The van der Waals surface area contributed by atoms with Crippen LogP contribution >= 0.6 is 0 Å². The minimum Gasteiger partial charge on any atom is -0.366 e. The molecule has 1 aromatic heterocycles. The molecule has 132 valence electrons. The number of hydrogen-bond acceptors (Lipinski definition) is 2. The number of aromatic nitrogens is 1. The van der Waals surface area contributed by atoms with Crippen molar-refractivity contribution in [1.82, 2.24) is 4.98 Å². The van der Waals surface area contributed by atoms with Gasteiger partial charge in [-0.25, -0.2) is 0 Å². The van der Waals surface area contributed by atoms with E-state index in [-0.39, 0.29) is 5.91 Å². The van der Waals surface area contributed by atoms with E-state index in [2.05, 4.69) is 16.9 Å². The molecule has 5 nitrogen and oxygen atoms in total. The summed E-state index contributed by atoms with van der Waals surface area (Å²) < 4.78 is 0. The molecule has 0 aliphatic rings. The van der Waals surface area contributed by atoms with Gasteiger partial charge in [0.25, 0.3) is 11.8 Å². The number of aromatic amines is 1. The molecule has 0 fully saturated rings. The average Bonchev–Trinajstić information content (AvgIpc) is 2.89. The molecule has 0 aliphatic heterocycles. The van der Waals surface area contributed by atoms with Crippen LogP contribution in [-0.4, -0.2) is 16.8 Å². The van der Waals surface area contributed by atoms with Gasteiger partial charge in [0.2, 0.25) is 0 Å². The number of hydrogen-bond donors (Lipinski definition) is 3. The normalized spacial score (nSPS) is 10.7. The molecule has 0 atom stereocenters. The van der Waals surface area contributed by atoms with Gasteiger partial charge >= 0.3 is 0 Å². The molecular formula is C21H21N3O2. The summed E-state index contributed by atoms with van der Waals surface area (Å²) in [6, 6.07) is 11.2. The lowest BCUT2D eigenvalue weighted by Gasteiger charge is -2.10. The summed E-state index contributed by atoms with van der Waals surface area (Å²) >= 11 is 0. The van der Waals surface area contributed by atoms with Crippen LogP contribution < -0.4 is 11.1 Å². The SMILES string of the molecule is C=C(C)C(=O)Nc1cccc(-c2ccc(C(N)=O)c3[nH]c(C)c(C)c23)c1. The number of nitrogens with two attached hydrogens (primary N) is 1. The number of fused-ring (bicyclic) bond motifs is 1. The molecule has 1 heterocycles. The maximum absolute atomic E-state index is 11.9.